The van der Waals surface area contributed by atoms with E-state index in [0.717, 1.165) is 10.9 Å². The zero-order valence-electron chi connectivity index (χ0n) is 13.5. The molecule has 0 unspecified atom stereocenters. The van der Waals surface area contributed by atoms with Crippen LogP contribution in [0.15, 0.2) is 63.8 Å². The molecule has 126 valence electrons. The lowest BCUT2D eigenvalue weighted by Gasteiger charge is -1.99. The van der Waals surface area contributed by atoms with E-state index >= 15 is 0 Å². The number of fused-ring (bicyclic) bond motifs is 3. The summed E-state index contributed by atoms with van der Waals surface area (Å²) in [5, 5.41) is 13.2. The molecule has 0 radical (unpaired) electrons. The molecule has 8 heteroatoms. The summed E-state index contributed by atoms with van der Waals surface area (Å²) in [7, 11) is 0. The average molecular weight is 344 g/mol. The van der Waals surface area contributed by atoms with E-state index in [9.17, 15) is 4.79 Å². The van der Waals surface area contributed by atoms with Crippen molar-refractivity contribution in [3.8, 4) is 11.4 Å². The van der Waals surface area contributed by atoms with Gasteiger partial charge in [-0.25, -0.2) is 4.98 Å². The van der Waals surface area contributed by atoms with E-state index in [0.29, 0.717) is 22.7 Å². The first kappa shape index (κ1) is 14.5. The molecule has 0 bridgehead atoms. The van der Waals surface area contributed by atoms with Crippen molar-refractivity contribution >= 4 is 22.1 Å². The van der Waals surface area contributed by atoms with Crippen LogP contribution >= 0.6 is 0 Å². The third-order valence-corrected chi connectivity index (χ3v) is 4.06. The quantitative estimate of drug-likeness (QED) is 0.539. The van der Waals surface area contributed by atoms with Gasteiger partial charge in [0.25, 0.3) is 5.56 Å². The van der Waals surface area contributed by atoms with Gasteiger partial charge in [0.15, 0.2) is 0 Å². The molecule has 0 aliphatic carbocycles. The lowest BCUT2D eigenvalue weighted by atomic mass is 10.2. The first-order valence-corrected chi connectivity index (χ1v) is 8.01. The van der Waals surface area contributed by atoms with Crippen LogP contribution in [0.25, 0.3) is 33.5 Å². The smallest absolute Gasteiger partial charge is 0.294 e. The van der Waals surface area contributed by atoms with Crippen LogP contribution in [0.4, 0.5) is 0 Å². The number of tetrazole rings is 1. The van der Waals surface area contributed by atoms with Crippen LogP contribution in [0.3, 0.4) is 0 Å². The maximum Gasteiger partial charge on any atom is 0.294 e. The summed E-state index contributed by atoms with van der Waals surface area (Å²) in [6, 6.07) is 17.0. The molecule has 2 aromatic carbocycles. The van der Waals surface area contributed by atoms with E-state index in [4.69, 9.17) is 4.42 Å². The molecule has 26 heavy (non-hydrogen) atoms. The van der Waals surface area contributed by atoms with Gasteiger partial charge in [0, 0.05) is 10.9 Å². The molecular formula is C18H12N6O2. The Bertz CT molecular complexity index is 1290. The van der Waals surface area contributed by atoms with Crippen LogP contribution in [-0.4, -0.2) is 30.2 Å². The standard InChI is InChI=1S/C18H12N6O2/c25-18-16-15(12-8-4-5-9-13(12)26-16)19-14(20-18)10-24-22-17(21-23-24)11-6-2-1-3-7-11/h1-9H,10H2,(H,19,20,25). The Morgan fingerprint density at radius 3 is 2.73 bits per heavy atom. The van der Waals surface area contributed by atoms with Crippen molar-refractivity contribution in [2.45, 2.75) is 6.54 Å². The van der Waals surface area contributed by atoms with Crippen molar-refractivity contribution in [2.75, 3.05) is 0 Å². The van der Waals surface area contributed by atoms with Gasteiger partial charge in [0.2, 0.25) is 11.4 Å². The zero-order valence-corrected chi connectivity index (χ0v) is 13.5. The average Bonchev–Trinajstić information content (AvgIpc) is 3.28. The van der Waals surface area contributed by atoms with E-state index in [1.165, 1.54) is 4.80 Å². The molecule has 0 amide bonds. The van der Waals surface area contributed by atoms with Gasteiger partial charge in [0.05, 0.1) is 0 Å². The fourth-order valence-corrected chi connectivity index (χ4v) is 2.87. The van der Waals surface area contributed by atoms with Crippen LogP contribution in [0, 0.1) is 0 Å². The van der Waals surface area contributed by atoms with Crippen molar-refractivity contribution in [2.24, 2.45) is 0 Å². The summed E-state index contributed by atoms with van der Waals surface area (Å²) >= 11 is 0. The summed E-state index contributed by atoms with van der Waals surface area (Å²) in [6.07, 6.45) is 0. The number of benzene rings is 2. The number of aromatic nitrogens is 6. The number of hydrogen-bond acceptors (Lipinski definition) is 6. The number of nitrogens with one attached hydrogen (secondary N) is 1. The Labute approximate surface area is 146 Å². The Morgan fingerprint density at radius 1 is 1.04 bits per heavy atom. The molecule has 0 saturated carbocycles. The number of nitrogens with zero attached hydrogens (tertiary/aromatic N) is 5. The van der Waals surface area contributed by atoms with Crippen molar-refractivity contribution in [1.29, 1.82) is 0 Å². The minimum absolute atomic E-state index is 0.199. The van der Waals surface area contributed by atoms with E-state index in [2.05, 4.69) is 25.4 Å². The Kier molecular flexibility index (Phi) is 3.14. The SMILES string of the molecule is O=c1[nH]c(Cn2nnc(-c3ccccc3)n2)nc2c1oc1ccccc12. The van der Waals surface area contributed by atoms with Crippen LogP contribution in [0.5, 0.6) is 0 Å². The molecule has 0 aliphatic rings. The number of furan rings is 1. The van der Waals surface area contributed by atoms with Gasteiger partial charge in [-0.15, -0.1) is 10.2 Å². The minimum atomic E-state index is -0.329. The molecule has 5 aromatic rings. The predicted octanol–water partition coefficient (Wildman–Crippen LogP) is 2.37. The van der Waals surface area contributed by atoms with Crippen molar-refractivity contribution < 1.29 is 4.42 Å². The van der Waals surface area contributed by atoms with E-state index in [1.54, 1.807) is 6.07 Å². The van der Waals surface area contributed by atoms with Gasteiger partial charge in [-0.2, -0.15) is 4.80 Å². The molecule has 0 saturated heterocycles. The first-order valence-electron chi connectivity index (χ1n) is 8.01. The van der Waals surface area contributed by atoms with Crippen molar-refractivity contribution in [1.82, 2.24) is 30.2 Å². The molecule has 1 N–H and O–H groups in total. The van der Waals surface area contributed by atoms with E-state index in [1.807, 2.05) is 48.5 Å². The van der Waals surface area contributed by atoms with Crippen molar-refractivity contribution in [3.63, 3.8) is 0 Å². The Morgan fingerprint density at radius 2 is 1.85 bits per heavy atom. The highest BCUT2D eigenvalue weighted by atomic mass is 16.3. The summed E-state index contributed by atoms with van der Waals surface area (Å²) < 4.78 is 5.59. The number of hydrogen-bond donors (Lipinski definition) is 1. The Hall–Kier alpha value is -3.81. The summed E-state index contributed by atoms with van der Waals surface area (Å²) in [5.74, 6) is 0.953. The molecular weight excluding hydrogens is 332 g/mol. The van der Waals surface area contributed by atoms with Gasteiger partial charge in [-0.1, -0.05) is 42.5 Å². The third-order valence-electron chi connectivity index (χ3n) is 4.06. The molecule has 0 fully saturated rings. The maximum absolute atomic E-state index is 12.3. The van der Waals surface area contributed by atoms with Crippen LogP contribution in [-0.2, 0) is 6.54 Å². The maximum atomic E-state index is 12.3. The second-order valence-corrected chi connectivity index (χ2v) is 5.80. The molecule has 5 rings (SSSR count). The molecule has 0 atom stereocenters. The fraction of sp³-hybridized carbons (Fsp3) is 0.0556. The molecule has 0 aliphatic heterocycles. The molecule has 8 nitrogen and oxygen atoms in total. The number of aromatic amines is 1. The highest BCUT2D eigenvalue weighted by molar-refractivity contribution is 6.01. The fourth-order valence-electron chi connectivity index (χ4n) is 2.87. The minimum Gasteiger partial charge on any atom is -0.449 e. The highest BCUT2D eigenvalue weighted by Crippen LogP contribution is 2.24. The lowest BCUT2D eigenvalue weighted by Crippen LogP contribution is -2.15. The first-order chi connectivity index (χ1) is 12.8. The summed E-state index contributed by atoms with van der Waals surface area (Å²) in [6.45, 7) is 0.199. The number of H-pyrrole nitrogens is 1. The number of para-hydroxylation sites is 1. The third kappa shape index (κ3) is 2.35. The highest BCUT2D eigenvalue weighted by Gasteiger charge is 2.14. The van der Waals surface area contributed by atoms with E-state index < -0.39 is 0 Å². The van der Waals surface area contributed by atoms with Crippen LogP contribution in [0.2, 0.25) is 0 Å². The second-order valence-electron chi connectivity index (χ2n) is 5.80. The second kappa shape index (κ2) is 5.62. The van der Waals surface area contributed by atoms with E-state index in [-0.39, 0.29) is 17.7 Å². The normalized spacial score (nSPS) is 11.4. The molecule has 3 aromatic heterocycles. The van der Waals surface area contributed by atoms with Crippen LogP contribution < -0.4 is 5.56 Å². The van der Waals surface area contributed by atoms with Gasteiger partial charge in [0.1, 0.15) is 23.5 Å². The predicted molar refractivity (Wildman–Crippen MR) is 94.5 cm³/mol. The molecule has 3 heterocycles. The zero-order chi connectivity index (χ0) is 17.5. The van der Waals surface area contributed by atoms with Crippen LogP contribution in [0.1, 0.15) is 5.82 Å². The molecule has 0 spiro atoms. The van der Waals surface area contributed by atoms with Gasteiger partial charge >= 0.3 is 0 Å². The lowest BCUT2D eigenvalue weighted by molar-refractivity contribution is 0.553. The topological polar surface area (TPSA) is 102 Å². The van der Waals surface area contributed by atoms with Gasteiger partial charge in [-0.05, 0) is 17.3 Å². The van der Waals surface area contributed by atoms with Crippen molar-refractivity contribution in [3.05, 3.63) is 70.8 Å². The summed E-state index contributed by atoms with van der Waals surface area (Å²) in [4.78, 5) is 21.0. The summed E-state index contributed by atoms with van der Waals surface area (Å²) in [5.41, 5.74) is 1.91. The largest absolute Gasteiger partial charge is 0.449 e. The Balaban J connectivity index is 1.55. The van der Waals surface area contributed by atoms with Gasteiger partial charge < -0.3 is 9.40 Å². The monoisotopic (exact) mass is 344 g/mol. The number of rotatable bonds is 3. The van der Waals surface area contributed by atoms with Gasteiger partial charge in [-0.3, -0.25) is 4.79 Å².